The molecular formula is C8H8F6NOS2+. The Balaban J connectivity index is 3.67. The Morgan fingerprint density at radius 1 is 1.22 bits per heavy atom. The highest BCUT2D eigenvalue weighted by Gasteiger charge is 2.67. The molecule has 0 aliphatic heterocycles. The van der Waals surface area contributed by atoms with Crippen LogP contribution >= 0.6 is 23.0 Å². The Morgan fingerprint density at radius 3 is 2.11 bits per heavy atom. The van der Waals surface area contributed by atoms with Crippen molar-refractivity contribution >= 4 is 28.8 Å². The Kier molecular flexibility index (Phi) is 2.92. The first-order valence-electron chi connectivity index (χ1n) is 4.28. The molecule has 18 heavy (non-hydrogen) atoms. The highest BCUT2D eigenvalue weighted by molar-refractivity contribution is 8.45. The van der Waals surface area contributed by atoms with Gasteiger partial charge < -0.3 is 0 Å². The van der Waals surface area contributed by atoms with Crippen molar-refractivity contribution in [3.8, 4) is 0 Å². The van der Waals surface area contributed by atoms with Crippen LogP contribution in [0, 0.1) is 5.82 Å². The summed E-state index contributed by atoms with van der Waals surface area (Å²) in [5, 5.41) is 8.86. The van der Waals surface area contributed by atoms with Gasteiger partial charge in [-0.15, -0.1) is 0 Å². The van der Waals surface area contributed by atoms with Gasteiger partial charge in [0.15, 0.2) is 18.6 Å². The number of benzene rings is 1. The maximum absolute atomic E-state index is 13.5. The van der Waals surface area contributed by atoms with E-state index >= 15 is 0 Å². The van der Waals surface area contributed by atoms with Gasteiger partial charge in [-0.3, -0.25) is 5.21 Å². The average molecular weight is 312 g/mol. The predicted octanol–water partition coefficient (Wildman–Crippen LogP) is 4.54. The molecule has 0 aliphatic rings. The first kappa shape index (κ1) is 15.0. The van der Waals surface area contributed by atoms with E-state index in [-0.39, 0.29) is 10.2 Å². The van der Waals surface area contributed by atoms with Gasteiger partial charge in [-0.25, -0.2) is 4.39 Å². The molecule has 0 unspecified atom stereocenters. The van der Waals surface area contributed by atoms with Gasteiger partial charge in [0.1, 0.15) is 4.90 Å². The second-order valence-electron chi connectivity index (χ2n) is 3.46. The number of halogens is 6. The number of thiol groups is 1. The molecule has 2 nitrogen and oxygen atoms in total. The van der Waals surface area contributed by atoms with Gasteiger partial charge in [-0.05, 0) is 12.1 Å². The molecule has 1 aromatic rings. The van der Waals surface area contributed by atoms with Gasteiger partial charge in [0.2, 0.25) is 0 Å². The van der Waals surface area contributed by atoms with Crippen LogP contribution in [0.5, 0.6) is 0 Å². The summed E-state index contributed by atoms with van der Waals surface area (Å²) in [4.78, 5) is -2.62. The molecular weight excluding hydrogens is 304 g/mol. The van der Waals surface area contributed by atoms with Crippen LogP contribution in [0.3, 0.4) is 0 Å². The minimum absolute atomic E-state index is 0.0353. The Hall–Kier alpha value is -1.03. The fraction of sp³-hybridized carbons (Fsp3) is 0.125. The molecule has 0 radical (unpaired) electrons. The largest absolute Gasteiger partial charge is 0.313 e. The zero-order chi connectivity index (χ0) is 14.4. The lowest BCUT2D eigenvalue weighted by Crippen LogP contribution is -2.14. The fourth-order valence-electron chi connectivity index (χ4n) is 1.20. The first-order chi connectivity index (χ1) is 7.74. The molecule has 0 saturated heterocycles. The monoisotopic (exact) mass is 312 g/mol. The number of hydrogen-bond donors (Lipinski definition) is 2. The number of nitrogens with zero attached hydrogens (tertiary/aromatic N) is 1. The summed E-state index contributed by atoms with van der Waals surface area (Å²) in [5.41, 5.74) is -1.28. The summed E-state index contributed by atoms with van der Waals surface area (Å²) in [6.45, 7) is 1.01. The van der Waals surface area contributed by atoms with Crippen molar-refractivity contribution in [3.05, 3.63) is 29.6 Å². The van der Waals surface area contributed by atoms with Crippen LogP contribution in [0.4, 0.5) is 23.8 Å². The summed E-state index contributed by atoms with van der Waals surface area (Å²) >= 11 is 3.33. The van der Waals surface area contributed by atoms with E-state index < -0.39 is 32.2 Å². The summed E-state index contributed by atoms with van der Waals surface area (Å²) in [7, 11) is -10.1. The molecule has 10 heteroatoms. The van der Waals surface area contributed by atoms with Crippen LogP contribution in [0.15, 0.2) is 23.1 Å². The van der Waals surface area contributed by atoms with E-state index in [0.717, 1.165) is 13.0 Å². The highest BCUT2D eigenvalue weighted by atomic mass is 32.5. The van der Waals surface area contributed by atoms with Crippen LogP contribution in [-0.4, -0.2) is 15.1 Å². The molecule has 104 valence electrons. The van der Waals surface area contributed by atoms with Crippen molar-refractivity contribution in [3.63, 3.8) is 0 Å². The summed E-state index contributed by atoms with van der Waals surface area (Å²) in [6, 6.07) is 1.39. The third kappa shape index (κ3) is 3.05. The standard InChI is InChI=1S/C8H8F6NOS2/c1-5(15(16)17)6-3-2-4-7(8(6)9)18(10,11,12,13)14/h2-4,16-17H,1H3/q+1/b15-5+. The molecule has 1 rings (SSSR count). The zero-order valence-corrected chi connectivity index (χ0v) is 10.5. The van der Waals surface area contributed by atoms with E-state index in [4.69, 9.17) is 5.21 Å². The highest BCUT2D eigenvalue weighted by Crippen LogP contribution is 3.02. The van der Waals surface area contributed by atoms with Gasteiger partial charge in [0, 0.05) is 11.1 Å². The second-order valence-corrected chi connectivity index (χ2v) is 6.22. The second kappa shape index (κ2) is 3.50. The van der Waals surface area contributed by atoms with Crippen LogP contribution in [0.2, 0.25) is 0 Å². The Labute approximate surface area is 104 Å². The lowest BCUT2D eigenvalue weighted by Gasteiger charge is -2.40. The van der Waals surface area contributed by atoms with E-state index in [1.54, 1.807) is 0 Å². The predicted molar refractivity (Wildman–Crippen MR) is 58.6 cm³/mol. The van der Waals surface area contributed by atoms with Gasteiger partial charge in [-0.1, -0.05) is 25.5 Å². The molecule has 1 N–H and O–H groups in total. The minimum Gasteiger partial charge on any atom is -0.277 e. The molecule has 0 saturated carbocycles. The minimum atomic E-state index is -10.1. The zero-order valence-electron chi connectivity index (χ0n) is 8.75. The summed E-state index contributed by atoms with van der Waals surface area (Å²) < 4.78 is 76.1. The molecule has 0 spiro atoms. The molecule has 0 aromatic heterocycles. The van der Waals surface area contributed by atoms with Gasteiger partial charge in [0.05, 0.1) is 5.56 Å². The summed E-state index contributed by atoms with van der Waals surface area (Å²) in [5.74, 6) is -2.15. The van der Waals surface area contributed by atoms with Gasteiger partial charge in [-0.2, -0.15) is 0 Å². The quantitative estimate of drug-likeness (QED) is 0.205. The maximum atomic E-state index is 13.5. The van der Waals surface area contributed by atoms with Crippen LogP contribution in [0.25, 0.3) is 0 Å². The Morgan fingerprint density at radius 2 is 1.72 bits per heavy atom. The number of hydrogen-bond acceptors (Lipinski definition) is 2. The van der Waals surface area contributed by atoms with Crippen molar-refractivity contribution in [2.24, 2.45) is 0 Å². The summed E-state index contributed by atoms with van der Waals surface area (Å²) in [6.07, 6.45) is 0. The van der Waals surface area contributed by atoms with Gasteiger partial charge in [0.25, 0.3) is 5.71 Å². The SMILES string of the molecule is C/C(c1cccc(S(F)(F)(F)(F)F)c1F)=[N+](/O)S. The van der Waals surface area contributed by atoms with Crippen molar-refractivity contribution < 1.29 is 33.2 Å². The first-order valence-corrected chi connectivity index (χ1v) is 6.63. The average Bonchev–Trinajstić information content (AvgIpc) is 2.12. The van der Waals surface area contributed by atoms with Gasteiger partial charge >= 0.3 is 10.2 Å². The van der Waals surface area contributed by atoms with Crippen molar-refractivity contribution in [1.82, 2.24) is 0 Å². The van der Waals surface area contributed by atoms with Crippen molar-refractivity contribution in [2.45, 2.75) is 11.8 Å². The topological polar surface area (TPSA) is 23.2 Å². The lowest BCUT2D eigenvalue weighted by atomic mass is 10.1. The third-order valence-corrected chi connectivity index (χ3v) is 3.52. The van der Waals surface area contributed by atoms with Crippen molar-refractivity contribution in [2.75, 3.05) is 0 Å². The molecule has 0 bridgehead atoms. The van der Waals surface area contributed by atoms with E-state index in [0.29, 0.717) is 6.07 Å². The number of rotatable bonds is 2. The van der Waals surface area contributed by atoms with E-state index in [1.165, 1.54) is 0 Å². The van der Waals surface area contributed by atoms with E-state index in [9.17, 15) is 23.8 Å². The molecule has 0 fully saturated rings. The van der Waals surface area contributed by atoms with E-state index in [2.05, 4.69) is 12.8 Å². The lowest BCUT2D eigenvalue weighted by molar-refractivity contribution is -0.642. The van der Waals surface area contributed by atoms with Crippen LogP contribution in [-0.2, 0) is 0 Å². The third-order valence-electron chi connectivity index (χ3n) is 2.07. The maximum Gasteiger partial charge on any atom is 0.313 e. The van der Waals surface area contributed by atoms with Crippen LogP contribution < -0.4 is 0 Å². The molecule has 0 heterocycles. The normalized spacial score (nSPS) is 17.8. The van der Waals surface area contributed by atoms with E-state index in [1.807, 2.05) is 0 Å². The molecule has 0 atom stereocenters. The molecule has 1 aromatic carbocycles. The smallest absolute Gasteiger partial charge is 0.277 e. The van der Waals surface area contributed by atoms with Crippen molar-refractivity contribution in [1.29, 1.82) is 0 Å². The molecule has 0 aliphatic carbocycles. The van der Waals surface area contributed by atoms with Crippen LogP contribution in [0.1, 0.15) is 12.5 Å². The fourth-order valence-corrected chi connectivity index (χ4v) is 2.09. The Bertz CT molecular complexity index is 534. The molecule has 0 amide bonds.